The first kappa shape index (κ1) is 14.5. The van der Waals surface area contributed by atoms with Crippen molar-refractivity contribution in [3.63, 3.8) is 0 Å². The van der Waals surface area contributed by atoms with Crippen LogP contribution in [0.2, 0.25) is 5.15 Å². The highest BCUT2D eigenvalue weighted by Crippen LogP contribution is 2.23. The fourth-order valence-electron chi connectivity index (χ4n) is 1.94. The maximum absolute atomic E-state index is 11.4. The van der Waals surface area contributed by atoms with Crippen LogP contribution in [0.3, 0.4) is 0 Å². The summed E-state index contributed by atoms with van der Waals surface area (Å²) >= 11 is 5.99. The molecule has 1 aliphatic rings. The molecular weight excluding hydrogens is 286 g/mol. The predicted octanol–water partition coefficient (Wildman–Crippen LogP) is 2.03. The van der Waals surface area contributed by atoms with E-state index in [9.17, 15) is 8.42 Å². The minimum absolute atomic E-state index is 0.0937. The summed E-state index contributed by atoms with van der Waals surface area (Å²) < 4.78 is 22.9. The number of rotatable bonds is 2. The Kier molecular flexibility index (Phi) is 3.75. The van der Waals surface area contributed by atoms with Gasteiger partial charge in [-0.1, -0.05) is 32.4 Å². The summed E-state index contributed by atoms with van der Waals surface area (Å²) in [4.78, 5) is 8.62. The van der Waals surface area contributed by atoms with Crippen molar-refractivity contribution in [1.29, 1.82) is 0 Å². The Bertz CT molecular complexity index is 581. The van der Waals surface area contributed by atoms with Crippen LogP contribution in [0.1, 0.15) is 33.0 Å². The molecule has 2 rings (SSSR count). The molecule has 1 fully saturated rings. The van der Waals surface area contributed by atoms with Gasteiger partial charge in [0.2, 0.25) is 0 Å². The van der Waals surface area contributed by atoms with Gasteiger partial charge in [-0.2, -0.15) is 0 Å². The van der Waals surface area contributed by atoms with Crippen LogP contribution in [0.5, 0.6) is 0 Å². The van der Waals surface area contributed by atoms with Crippen molar-refractivity contribution < 1.29 is 8.42 Å². The van der Waals surface area contributed by atoms with E-state index in [1.165, 1.54) is 0 Å². The SMILES string of the molecule is CC(C)(C)c1nc(Cl)cc(NC2CCS(=O)(=O)C2)n1. The molecule has 0 bridgehead atoms. The van der Waals surface area contributed by atoms with Gasteiger partial charge in [0.05, 0.1) is 11.5 Å². The lowest BCUT2D eigenvalue weighted by atomic mass is 9.96. The van der Waals surface area contributed by atoms with Crippen LogP contribution in [0.4, 0.5) is 5.82 Å². The van der Waals surface area contributed by atoms with Crippen molar-refractivity contribution in [2.24, 2.45) is 0 Å². The highest BCUT2D eigenvalue weighted by Gasteiger charge is 2.28. The number of halogens is 1. The molecule has 0 amide bonds. The van der Waals surface area contributed by atoms with Crippen LogP contribution in [-0.4, -0.2) is 35.9 Å². The summed E-state index contributed by atoms with van der Waals surface area (Å²) in [6.45, 7) is 6.01. The van der Waals surface area contributed by atoms with Crippen molar-refractivity contribution in [2.45, 2.75) is 38.6 Å². The quantitative estimate of drug-likeness (QED) is 0.846. The maximum atomic E-state index is 11.4. The number of sulfone groups is 1. The molecule has 0 saturated carbocycles. The number of hydrogen-bond acceptors (Lipinski definition) is 5. The second kappa shape index (κ2) is 4.90. The zero-order valence-electron chi connectivity index (χ0n) is 11.3. The molecule has 0 aromatic carbocycles. The predicted molar refractivity (Wildman–Crippen MR) is 76.4 cm³/mol. The fourth-order valence-corrected chi connectivity index (χ4v) is 3.80. The van der Waals surface area contributed by atoms with Crippen LogP contribution >= 0.6 is 11.6 Å². The largest absolute Gasteiger partial charge is 0.366 e. The highest BCUT2D eigenvalue weighted by atomic mass is 35.5. The number of nitrogens with zero attached hydrogens (tertiary/aromatic N) is 2. The van der Waals surface area contributed by atoms with Crippen LogP contribution < -0.4 is 5.32 Å². The number of anilines is 1. The van der Waals surface area contributed by atoms with Gasteiger partial charge in [0.1, 0.15) is 16.8 Å². The van der Waals surface area contributed by atoms with Gasteiger partial charge in [-0.3, -0.25) is 0 Å². The van der Waals surface area contributed by atoms with E-state index in [2.05, 4.69) is 15.3 Å². The first-order chi connectivity index (χ1) is 8.66. The Balaban J connectivity index is 2.20. The van der Waals surface area contributed by atoms with Gasteiger partial charge in [-0.15, -0.1) is 0 Å². The average Bonchev–Trinajstić information content (AvgIpc) is 2.55. The van der Waals surface area contributed by atoms with Crippen molar-refractivity contribution in [3.05, 3.63) is 17.0 Å². The van der Waals surface area contributed by atoms with Gasteiger partial charge < -0.3 is 5.32 Å². The summed E-state index contributed by atoms with van der Waals surface area (Å²) in [7, 11) is -2.90. The Morgan fingerprint density at radius 3 is 2.58 bits per heavy atom. The second-order valence-corrected chi connectivity index (χ2v) is 8.51. The summed E-state index contributed by atoms with van der Waals surface area (Å²) in [5.41, 5.74) is -0.205. The van der Waals surface area contributed by atoms with E-state index in [0.29, 0.717) is 23.2 Å². The molecule has 0 spiro atoms. The van der Waals surface area contributed by atoms with Gasteiger partial charge in [-0.05, 0) is 6.42 Å². The second-order valence-electron chi connectivity index (χ2n) is 5.89. The van der Waals surface area contributed by atoms with Crippen LogP contribution in [-0.2, 0) is 15.3 Å². The average molecular weight is 304 g/mol. The van der Waals surface area contributed by atoms with Gasteiger partial charge in [0.25, 0.3) is 0 Å². The van der Waals surface area contributed by atoms with E-state index in [-0.39, 0.29) is 23.0 Å². The topological polar surface area (TPSA) is 72.0 Å². The van der Waals surface area contributed by atoms with Crippen LogP contribution in [0.25, 0.3) is 0 Å². The van der Waals surface area contributed by atoms with Crippen molar-refractivity contribution in [1.82, 2.24) is 9.97 Å². The minimum atomic E-state index is -2.90. The summed E-state index contributed by atoms with van der Waals surface area (Å²) in [6, 6.07) is 1.53. The smallest absolute Gasteiger partial charge is 0.152 e. The van der Waals surface area contributed by atoms with E-state index in [1.54, 1.807) is 6.07 Å². The Morgan fingerprint density at radius 1 is 1.37 bits per heavy atom. The lowest BCUT2D eigenvalue weighted by molar-refractivity contribution is 0.545. The van der Waals surface area contributed by atoms with Gasteiger partial charge in [0.15, 0.2) is 9.84 Å². The Morgan fingerprint density at radius 2 is 2.05 bits per heavy atom. The molecule has 1 saturated heterocycles. The Hall–Kier alpha value is -0.880. The third kappa shape index (κ3) is 3.79. The summed E-state index contributed by atoms with van der Waals surface area (Å²) in [5.74, 6) is 1.62. The zero-order valence-corrected chi connectivity index (χ0v) is 12.8. The van der Waals surface area contributed by atoms with E-state index in [4.69, 9.17) is 11.6 Å². The molecule has 1 atom stereocenters. The van der Waals surface area contributed by atoms with Gasteiger partial charge in [0, 0.05) is 17.5 Å². The molecule has 1 N–H and O–H groups in total. The lowest BCUT2D eigenvalue weighted by Gasteiger charge is -2.19. The summed E-state index contributed by atoms with van der Waals surface area (Å²) in [6.07, 6.45) is 0.606. The van der Waals surface area contributed by atoms with Gasteiger partial charge in [-0.25, -0.2) is 18.4 Å². The molecule has 1 unspecified atom stereocenters. The van der Waals surface area contributed by atoms with E-state index < -0.39 is 9.84 Å². The fraction of sp³-hybridized carbons (Fsp3) is 0.667. The first-order valence-electron chi connectivity index (χ1n) is 6.18. The lowest BCUT2D eigenvalue weighted by Crippen LogP contribution is -2.23. The van der Waals surface area contributed by atoms with E-state index in [0.717, 1.165) is 0 Å². The van der Waals surface area contributed by atoms with E-state index >= 15 is 0 Å². The maximum Gasteiger partial charge on any atom is 0.152 e. The molecule has 1 aromatic heterocycles. The van der Waals surface area contributed by atoms with E-state index in [1.807, 2.05) is 20.8 Å². The molecule has 7 heteroatoms. The number of nitrogens with one attached hydrogen (secondary N) is 1. The van der Waals surface area contributed by atoms with Crippen molar-refractivity contribution in [2.75, 3.05) is 16.8 Å². The zero-order chi connectivity index (χ0) is 14.3. The monoisotopic (exact) mass is 303 g/mol. The van der Waals surface area contributed by atoms with Crippen molar-refractivity contribution >= 4 is 27.3 Å². The molecule has 0 aliphatic carbocycles. The summed E-state index contributed by atoms with van der Waals surface area (Å²) in [5, 5.41) is 3.50. The molecule has 106 valence electrons. The highest BCUT2D eigenvalue weighted by molar-refractivity contribution is 7.91. The van der Waals surface area contributed by atoms with Crippen LogP contribution in [0.15, 0.2) is 6.07 Å². The van der Waals surface area contributed by atoms with Crippen molar-refractivity contribution in [3.8, 4) is 0 Å². The molecule has 19 heavy (non-hydrogen) atoms. The minimum Gasteiger partial charge on any atom is -0.366 e. The molecule has 1 aliphatic heterocycles. The molecule has 0 radical (unpaired) electrons. The third-order valence-corrected chi connectivity index (χ3v) is 4.91. The Labute approximate surface area is 118 Å². The third-order valence-electron chi connectivity index (χ3n) is 2.95. The molecule has 5 nitrogen and oxygen atoms in total. The number of aromatic nitrogens is 2. The van der Waals surface area contributed by atoms with Crippen LogP contribution in [0, 0.1) is 0 Å². The van der Waals surface area contributed by atoms with Gasteiger partial charge >= 0.3 is 0 Å². The molecule has 2 heterocycles. The normalized spacial score (nSPS) is 22.4. The standard InChI is InChI=1S/C12H18ClN3O2S/c1-12(2,3)11-15-9(13)6-10(16-11)14-8-4-5-19(17,18)7-8/h6,8H,4-5,7H2,1-3H3,(H,14,15,16). The number of hydrogen-bond donors (Lipinski definition) is 1. The molecular formula is C12H18ClN3O2S. The first-order valence-corrected chi connectivity index (χ1v) is 8.38. The molecule has 1 aromatic rings.